The smallest absolute Gasteiger partial charge is 0.124 e. The van der Waals surface area contributed by atoms with Gasteiger partial charge in [-0.05, 0) is 31.5 Å². The largest absolute Gasteiger partial charge is 0.497 e. The SMILES string of the molecule is COc1ccc(OC)c(C(O)CC2COCC(C)N2)c1. The van der Waals surface area contributed by atoms with Crippen LogP contribution in [0.3, 0.4) is 0 Å². The van der Waals surface area contributed by atoms with Crippen LogP contribution in [0.2, 0.25) is 0 Å². The second-order valence-electron chi connectivity index (χ2n) is 5.16. The van der Waals surface area contributed by atoms with Crippen molar-refractivity contribution < 1.29 is 19.3 Å². The highest BCUT2D eigenvalue weighted by Crippen LogP contribution is 2.31. The van der Waals surface area contributed by atoms with Crippen LogP contribution in [0.5, 0.6) is 11.5 Å². The molecule has 3 unspecified atom stereocenters. The van der Waals surface area contributed by atoms with Crippen LogP contribution in [0.4, 0.5) is 0 Å². The van der Waals surface area contributed by atoms with Crippen molar-refractivity contribution in [1.29, 1.82) is 0 Å². The first-order valence-electron chi connectivity index (χ1n) is 6.87. The average molecular weight is 281 g/mol. The van der Waals surface area contributed by atoms with Gasteiger partial charge in [0.15, 0.2) is 0 Å². The number of nitrogens with one attached hydrogen (secondary N) is 1. The number of morpholine rings is 1. The van der Waals surface area contributed by atoms with E-state index in [1.165, 1.54) is 0 Å². The number of rotatable bonds is 5. The molecule has 0 radical (unpaired) electrons. The molecule has 20 heavy (non-hydrogen) atoms. The number of ether oxygens (including phenoxy) is 3. The molecule has 0 saturated carbocycles. The maximum atomic E-state index is 10.5. The van der Waals surface area contributed by atoms with Crippen LogP contribution >= 0.6 is 0 Å². The molecule has 0 spiro atoms. The maximum Gasteiger partial charge on any atom is 0.124 e. The van der Waals surface area contributed by atoms with Crippen LogP contribution in [-0.4, -0.2) is 44.6 Å². The van der Waals surface area contributed by atoms with Crippen molar-refractivity contribution in [3.05, 3.63) is 23.8 Å². The van der Waals surface area contributed by atoms with Gasteiger partial charge in [0, 0.05) is 17.6 Å². The zero-order valence-electron chi connectivity index (χ0n) is 12.3. The van der Waals surface area contributed by atoms with E-state index in [1.54, 1.807) is 14.2 Å². The van der Waals surface area contributed by atoms with Gasteiger partial charge in [-0.15, -0.1) is 0 Å². The third-order valence-corrected chi connectivity index (χ3v) is 3.51. The minimum atomic E-state index is -0.619. The van der Waals surface area contributed by atoms with Gasteiger partial charge < -0.3 is 24.6 Å². The Morgan fingerprint density at radius 1 is 1.35 bits per heavy atom. The minimum absolute atomic E-state index is 0.143. The van der Waals surface area contributed by atoms with Gasteiger partial charge in [-0.25, -0.2) is 0 Å². The second kappa shape index (κ2) is 6.92. The Balaban J connectivity index is 2.09. The van der Waals surface area contributed by atoms with E-state index in [1.807, 2.05) is 18.2 Å². The molecular formula is C15H23NO4. The Kier molecular flexibility index (Phi) is 5.23. The van der Waals surface area contributed by atoms with Crippen LogP contribution < -0.4 is 14.8 Å². The van der Waals surface area contributed by atoms with Crippen molar-refractivity contribution in [2.24, 2.45) is 0 Å². The molecule has 1 aliphatic rings. The third kappa shape index (κ3) is 3.62. The van der Waals surface area contributed by atoms with E-state index in [0.717, 1.165) is 12.2 Å². The summed E-state index contributed by atoms with van der Waals surface area (Å²) in [4.78, 5) is 0. The fourth-order valence-electron chi connectivity index (χ4n) is 2.52. The number of methoxy groups -OCH3 is 2. The average Bonchev–Trinajstić information content (AvgIpc) is 2.46. The summed E-state index contributed by atoms with van der Waals surface area (Å²) in [5.74, 6) is 1.38. The molecule has 3 atom stereocenters. The normalized spacial score (nSPS) is 24.2. The standard InChI is InChI=1S/C15H23NO4/c1-10-8-20-9-11(16-10)6-14(17)13-7-12(18-2)4-5-15(13)19-3/h4-5,7,10-11,14,16-17H,6,8-9H2,1-3H3. The zero-order valence-corrected chi connectivity index (χ0v) is 12.3. The molecule has 1 fully saturated rings. The van der Waals surface area contributed by atoms with Crippen LogP contribution in [0.1, 0.15) is 25.0 Å². The lowest BCUT2D eigenvalue weighted by atomic mass is 10.00. The first kappa shape index (κ1) is 15.1. The molecule has 1 aromatic rings. The molecule has 0 amide bonds. The van der Waals surface area contributed by atoms with Gasteiger partial charge in [-0.2, -0.15) is 0 Å². The maximum absolute atomic E-state index is 10.5. The molecule has 0 aliphatic carbocycles. The van der Waals surface area contributed by atoms with E-state index in [-0.39, 0.29) is 6.04 Å². The van der Waals surface area contributed by atoms with E-state index in [9.17, 15) is 5.11 Å². The molecule has 1 heterocycles. The molecule has 2 N–H and O–H groups in total. The van der Waals surface area contributed by atoms with Crippen LogP contribution in [0, 0.1) is 0 Å². The molecule has 0 aromatic heterocycles. The summed E-state index contributed by atoms with van der Waals surface area (Å²) < 4.78 is 16.0. The summed E-state index contributed by atoms with van der Waals surface area (Å²) in [7, 11) is 3.21. The Labute approximate surface area is 119 Å². The van der Waals surface area contributed by atoms with E-state index in [0.29, 0.717) is 30.6 Å². The van der Waals surface area contributed by atoms with Crippen LogP contribution in [0.15, 0.2) is 18.2 Å². The monoisotopic (exact) mass is 281 g/mol. The number of benzene rings is 1. The quantitative estimate of drug-likeness (QED) is 0.856. The topological polar surface area (TPSA) is 60.0 Å². The fraction of sp³-hybridized carbons (Fsp3) is 0.600. The highest BCUT2D eigenvalue weighted by molar-refractivity contribution is 5.41. The van der Waals surface area contributed by atoms with Crippen molar-refractivity contribution >= 4 is 0 Å². The fourth-order valence-corrected chi connectivity index (χ4v) is 2.52. The van der Waals surface area contributed by atoms with Gasteiger partial charge in [-0.1, -0.05) is 0 Å². The molecule has 5 nitrogen and oxygen atoms in total. The van der Waals surface area contributed by atoms with Crippen molar-refractivity contribution in [3.8, 4) is 11.5 Å². The Morgan fingerprint density at radius 2 is 2.15 bits per heavy atom. The number of aliphatic hydroxyl groups excluding tert-OH is 1. The lowest BCUT2D eigenvalue weighted by molar-refractivity contribution is 0.0300. The van der Waals surface area contributed by atoms with Gasteiger partial charge in [0.05, 0.1) is 33.5 Å². The molecular weight excluding hydrogens is 258 g/mol. The Bertz CT molecular complexity index is 438. The van der Waals surface area contributed by atoms with E-state index in [2.05, 4.69) is 12.2 Å². The van der Waals surface area contributed by atoms with Gasteiger partial charge in [0.2, 0.25) is 0 Å². The summed E-state index contributed by atoms with van der Waals surface area (Å²) in [6.07, 6.45) is -0.0418. The van der Waals surface area contributed by atoms with Crippen molar-refractivity contribution in [3.63, 3.8) is 0 Å². The van der Waals surface area contributed by atoms with E-state index in [4.69, 9.17) is 14.2 Å². The van der Waals surface area contributed by atoms with Crippen LogP contribution in [0.25, 0.3) is 0 Å². The molecule has 1 aliphatic heterocycles. The molecule has 112 valence electrons. The number of aliphatic hydroxyl groups is 1. The van der Waals surface area contributed by atoms with Crippen LogP contribution in [-0.2, 0) is 4.74 Å². The summed E-state index contributed by atoms with van der Waals surface area (Å²) in [5, 5.41) is 13.9. The third-order valence-electron chi connectivity index (χ3n) is 3.51. The summed E-state index contributed by atoms with van der Waals surface area (Å²) >= 11 is 0. The summed E-state index contributed by atoms with van der Waals surface area (Å²) in [5.41, 5.74) is 0.742. The Hall–Kier alpha value is -1.30. The Morgan fingerprint density at radius 3 is 2.80 bits per heavy atom. The number of hydrogen-bond acceptors (Lipinski definition) is 5. The first-order chi connectivity index (χ1) is 9.63. The number of hydrogen-bond donors (Lipinski definition) is 2. The predicted molar refractivity (Wildman–Crippen MR) is 76.3 cm³/mol. The van der Waals surface area contributed by atoms with Gasteiger partial charge in [-0.3, -0.25) is 0 Å². The van der Waals surface area contributed by atoms with Crippen molar-refractivity contribution in [1.82, 2.24) is 5.32 Å². The van der Waals surface area contributed by atoms with Gasteiger partial charge >= 0.3 is 0 Å². The lowest BCUT2D eigenvalue weighted by Gasteiger charge is -2.30. The predicted octanol–water partition coefficient (Wildman–Crippen LogP) is 1.50. The van der Waals surface area contributed by atoms with E-state index < -0.39 is 6.10 Å². The molecule has 2 rings (SSSR count). The molecule has 1 saturated heterocycles. The second-order valence-corrected chi connectivity index (χ2v) is 5.16. The molecule has 1 aromatic carbocycles. The molecule has 5 heteroatoms. The minimum Gasteiger partial charge on any atom is -0.497 e. The van der Waals surface area contributed by atoms with Crippen molar-refractivity contribution in [2.45, 2.75) is 31.5 Å². The van der Waals surface area contributed by atoms with Gasteiger partial charge in [0.1, 0.15) is 11.5 Å². The van der Waals surface area contributed by atoms with E-state index >= 15 is 0 Å². The first-order valence-corrected chi connectivity index (χ1v) is 6.87. The highest BCUT2D eigenvalue weighted by atomic mass is 16.5. The highest BCUT2D eigenvalue weighted by Gasteiger charge is 2.23. The summed E-state index contributed by atoms with van der Waals surface area (Å²) in [6.45, 7) is 3.41. The van der Waals surface area contributed by atoms with Gasteiger partial charge in [0.25, 0.3) is 0 Å². The molecule has 0 bridgehead atoms. The van der Waals surface area contributed by atoms with Crippen molar-refractivity contribution in [2.75, 3.05) is 27.4 Å². The lowest BCUT2D eigenvalue weighted by Crippen LogP contribution is -2.47. The summed E-state index contributed by atoms with van der Waals surface area (Å²) in [6, 6.07) is 5.90. The zero-order chi connectivity index (χ0) is 14.5.